The van der Waals surface area contributed by atoms with Crippen LogP contribution in [0.1, 0.15) is 28.3 Å². The molecule has 38 heavy (non-hydrogen) atoms. The van der Waals surface area contributed by atoms with Crippen molar-refractivity contribution in [2.24, 2.45) is 4.99 Å². The second kappa shape index (κ2) is 11.4. The van der Waals surface area contributed by atoms with E-state index in [4.69, 9.17) is 26.2 Å². The molecule has 7 N–H and O–H groups in total. The zero-order chi connectivity index (χ0) is 27.2. The molecule has 0 aliphatic carbocycles. The maximum absolute atomic E-state index is 12.3. The summed E-state index contributed by atoms with van der Waals surface area (Å²) in [6.45, 7) is 0.140. The van der Waals surface area contributed by atoms with Crippen LogP contribution in [0, 0.1) is 22.8 Å². The van der Waals surface area contributed by atoms with Gasteiger partial charge >= 0.3 is 0 Å². The number of hydrogen-bond donors (Lipinski definition) is 5. The molecule has 1 amide bonds. The number of pyridine rings is 1. The fourth-order valence-corrected chi connectivity index (χ4v) is 4.37. The summed E-state index contributed by atoms with van der Waals surface area (Å²) in [7, 11) is 1.46. The van der Waals surface area contributed by atoms with E-state index in [0.29, 0.717) is 33.6 Å². The van der Waals surface area contributed by atoms with E-state index in [1.54, 1.807) is 18.3 Å². The monoisotopic (exact) mass is 575 g/mol. The maximum Gasteiger partial charge on any atom is 0.258 e. The Hall–Kier alpha value is -5.01. The van der Waals surface area contributed by atoms with Crippen molar-refractivity contribution in [3.05, 3.63) is 69.2 Å². The number of rotatable bonds is 7. The second-order valence-electron chi connectivity index (χ2n) is 7.98. The Morgan fingerprint density at radius 3 is 2.66 bits per heavy atom. The van der Waals surface area contributed by atoms with Gasteiger partial charge in [0.15, 0.2) is 24.3 Å². The zero-order valence-electron chi connectivity index (χ0n) is 20.1. The molecule has 0 saturated carbocycles. The Kier molecular flexibility index (Phi) is 7.80. The summed E-state index contributed by atoms with van der Waals surface area (Å²) in [5.74, 6) is 0.638. The van der Waals surface area contributed by atoms with E-state index in [0.717, 1.165) is 5.56 Å². The van der Waals surface area contributed by atoms with E-state index in [1.165, 1.54) is 7.11 Å². The molecule has 192 valence electrons. The van der Waals surface area contributed by atoms with Crippen molar-refractivity contribution >= 4 is 45.1 Å². The topological polar surface area (TPSA) is 196 Å². The molecule has 1 unspecified atom stereocenters. The molecule has 12 nitrogen and oxygen atoms in total. The molecule has 1 aliphatic rings. The number of carbonyl (C=O) groups is 1. The molecule has 13 heteroatoms. The van der Waals surface area contributed by atoms with Crippen LogP contribution in [-0.2, 0) is 11.3 Å². The third kappa shape index (κ3) is 5.38. The summed E-state index contributed by atoms with van der Waals surface area (Å²) in [4.78, 5) is 21.1. The Balaban J connectivity index is 1.63. The van der Waals surface area contributed by atoms with Gasteiger partial charge in [-0.2, -0.15) is 10.5 Å². The number of halogens is 1. The van der Waals surface area contributed by atoms with Crippen LogP contribution in [-0.4, -0.2) is 30.6 Å². The number of nitrogens with two attached hydrogens (primary N) is 2. The van der Waals surface area contributed by atoms with Crippen LogP contribution in [0.3, 0.4) is 0 Å². The number of anilines is 3. The molecule has 0 fully saturated rings. The van der Waals surface area contributed by atoms with Gasteiger partial charge in [0.05, 0.1) is 12.8 Å². The number of nitrogen functional groups attached to an aromatic ring is 2. The van der Waals surface area contributed by atoms with Crippen LogP contribution >= 0.6 is 15.9 Å². The molecule has 1 aliphatic heterocycles. The number of amides is 1. The van der Waals surface area contributed by atoms with Gasteiger partial charge in [-0.05, 0) is 23.3 Å². The number of aliphatic imine (C=N–C) groups is 1. The van der Waals surface area contributed by atoms with Crippen molar-refractivity contribution in [2.45, 2.75) is 12.6 Å². The number of benzene rings is 2. The number of nitrogens with one attached hydrogen (secondary N) is 3. The molecular weight excluding hydrogens is 554 g/mol. The van der Waals surface area contributed by atoms with Crippen molar-refractivity contribution in [3.8, 4) is 23.8 Å². The highest BCUT2D eigenvalue weighted by Gasteiger charge is 2.31. The first-order valence-corrected chi connectivity index (χ1v) is 11.9. The lowest BCUT2D eigenvalue weighted by molar-refractivity contribution is -0.123. The Morgan fingerprint density at radius 1 is 1.21 bits per heavy atom. The molecule has 3 aromatic rings. The van der Waals surface area contributed by atoms with Crippen LogP contribution in [0.25, 0.3) is 0 Å². The van der Waals surface area contributed by atoms with E-state index >= 15 is 0 Å². The Morgan fingerprint density at radius 2 is 1.97 bits per heavy atom. The zero-order valence-corrected chi connectivity index (χ0v) is 21.7. The number of aromatic nitrogens is 1. The molecule has 4 rings (SSSR count). The van der Waals surface area contributed by atoms with Gasteiger partial charge in [0, 0.05) is 16.6 Å². The number of carbonyl (C=O) groups excluding carboxylic acids is 1. The van der Waals surface area contributed by atoms with Crippen molar-refractivity contribution < 1.29 is 14.3 Å². The highest BCUT2D eigenvalue weighted by Crippen LogP contribution is 2.45. The minimum atomic E-state index is -0.797. The highest BCUT2D eigenvalue weighted by molar-refractivity contribution is 9.10. The third-order valence-electron chi connectivity index (χ3n) is 5.63. The van der Waals surface area contributed by atoms with Gasteiger partial charge in [-0.25, -0.2) is 9.98 Å². The van der Waals surface area contributed by atoms with Gasteiger partial charge in [-0.15, -0.1) is 0 Å². The number of nitriles is 2. The van der Waals surface area contributed by atoms with Gasteiger partial charge in [0.1, 0.15) is 29.3 Å². The predicted octanol–water partition coefficient (Wildman–Crippen LogP) is 2.53. The fourth-order valence-electron chi connectivity index (χ4n) is 3.83. The number of methoxy groups -OCH3 is 1. The average Bonchev–Trinajstić information content (AvgIpc) is 2.91. The van der Waals surface area contributed by atoms with E-state index < -0.39 is 6.04 Å². The number of nitrogens with zero attached hydrogens (tertiary/aromatic N) is 4. The lowest BCUT2D eigenvalue weighted by Gasteiger charge is -2.27. The fraction of sp³-hybridized carbons (Fsp3) is 0.160. The normalized spacial score (nSPS) is 13.6. The number of guanidine groups is 1. The van der Waals surface area contributed by atoms with E-state index in [9.17, 15) is 10.1 Å². The first kappa shape index (κ1) is 26.1. The van der Waals surface area contributed by atoms with Crippen LogP contribution < -0.4 is 36.9 Å². The van der Waals surface area contributed by atoms with Crippen molar-refractivity contribution in [1.29, 1.82) is 10.5 Å². The van der Waals surface area contributed by atoms with Gasteiger partial charge in [0.25, 0.3) is 5.91 Å². The molecular formula is C25H22BrN9O3. The highest BCUT2D eigenvalue weighted by atomic mass is 79.9. The molecule has 0 saturated heterocycles. The third-order valence-corrected chi connectivity index (χ3v) is 6.31. The number of ether oxygens (including phenoxy) is 2. The lowest BCUT2D eigenvalue weighted by Crippen LogP contribution is -2.33. The maximum atomic E-state index is 12.3. The quantitative estimate of drug-likeness (QED) is 0.206. The van der Waals surface area contributed by atoms with Crippen LogP contribution in [0.2, 0.25) is 0 Å². The summed E-state index contributed by atoms with van der Waals surface area (Å²) in [6.07, 6.45) is 1.81. The van der Waals surface area contributed by atoms with Gasteiger partial charge in [0.2, 0.25) is 5.96 Å². The number of hydrogen-bond acceptors (Lipinski definition) is 11. The van der Waals surface area contributed by atoms with E-state index in [1.807, 2.05) is 36.4 Å². The van der Waals surface area contributed by atoms with Gasteiger partial charge < -0.3 is 31.6 Å². The molecule has 0 spiro atoms. The lowest BCUT2D eigenvalue weighted by atomic mass is 9.95. The summed E-state index contributed by atoms with van der Waals surface area (Å²) in [5.41, 5.74) is 14.3. The number of fused-ring (bicyclic) bond motifs is 1. The smallest absolute Gasteiger partial charge is 0.258 e. The minimum absolute atomic E-state index is 0.0204. The molecule has 1 aromatic heterocycles. The summed E-state index contributed by atoms with van der Waals surface area (Å²) in [5, 5.41) is 26.8. The van der Waals surface area contributed by atoms with Crippen LogP contribution in [0.5, 0.6) is 11.5 Å². The largest absolute Gasteiger partial charge is 0.493 e. The molecule has 2 aromatic carbocycles. The summed E-state index contributed by atoms with van der Waals surface area (Å²) in [6, 6.07) is 14.0. The van der Waals surface area contributed by atoms with E-state index in [-0.39, 0.29) is 41.4 Å². The van der Waals surface area contributed by atoms with Gasteiger partial charge in [-0.1, -0.05) is 46.3 Å². The Bertz CT molecular complexity index is 1500. The van der Waals surface area contributed by atoms with Crippen LogP contribution in [0.4, 0.5) is 17.3 Å². The van der Waals surface area contributed by atoms with Crippen molar-refractivity contribution in [3.63, 3.8) is 0 Å². The first-order valence-electron chi connectivity index (χ1n) is 11.2. The summed E-state index contributed by atoms with van der Waals surface area (Å²) >= 11 is 3.54. The standard InChI is InChI=1S/C25H22BrN9O3/c1-37-17-7-14(16(26)8-18(17)38-11-19(36)31-10-13-5-3-2-4-6-13)22-20-21(29)15(9-27)23(30)34-24(20)35-25(33-22)32-12-28/h2-8,22H,10-11H2,1H3,(H,31,36)(H6,29,30,32,33,34,35). The molecule has 2 heterocycles. The first-order chi connectivity index (χ1) is 18.4. The SMILES string of the molecule is COc1cc(C2N=C(NC#N)Nc3nc(N)c(C#N)c(N)c32)c(Br)cc1OCC(=O)NCc1ccccc1. The van der Waals surface area contributed by atoms with E-state index in [2.05, 4.69) is 41.9 Å². The molecule has 0 radical (unpaired) electrons. The van der Waals surface area contributed by atoms with Crippen LogP contribution in [0.15, 0.2) is 51.9 Å². The average molecular weight is 576 g/mol. The second-order valence-corrected chi connectivity index (χ2v) is 8.83. The van der Waals surface area contributed by atoms with Crippen molar-refractivity contribution in [1.82, 2.24) is 15.6 Å². The minimum Gasteiger partial charge on any atom is -0.493 e. The predicted molar refractivity (Wildman–Crippen MR) is 144 cm³/mol. The molecule has 0 bridgehead atoms. The van der Waals surface area contributed by atoms with Crippen molar-refractivity contribution in [2.75, 3.05) is 30.5 Å². The van der Waals surface area contributed by atoms with Gasteiger partial charge in [-0.3, -0.25) is 10.1 Å². The summed E-state index contributed by atoms with van der Waals surface area (Å²) < 4.78 is 11.8. The Labute approximate surface area is 226 Å². The molecule has 1 atom stereocenters.